The van der Waals surface area contributed by atoms with Crippen LogP contribution in [-0.4, -0.2) is 35.5 Å². The molecule has 3 heteroatoms. The van der Waals surface area contributed by atoms with Crippen LogP contribution in [-0.2, 0) is 0 Å². The van der Waals surface area contributed by atoms with E-state index in [-0.39, 0.29) is 5.91 Å². The maximum absolute atomic E-state index is 12.5. The second-order valence-electron chi connectivity index (χ2n) is 7.84. The Labute approximate surface area is 140 Å². The quantitative estimate of drug-likeness (QED) is 0.917. The third kappa shape index (κ3) is 3.95. The van der Waals surface area contributed by atoms with Gasteiger partial charge < -0.3 is 5.32 Å². The Kier molecular flexibility index (Phi) is 5.05. The molecular weight excluding hydrogens is 284 g/mol. The van der Waals surface area contributed by atoms with Gasteiger partial charge in [-0.15, -0.1) is 0 Å². The van der Waals surface area contributed by atoms with E-state index in [1.807, 2.05) is 31.2 Å². The summed E-state index contributed by atoms with van der Waals surface area (Å²) in [6, 6.07) is 9.54. The van der Waals surface area contributed by atoms with Crippen LogP contribution in [0.2, 0.25) is 0 Å². The second-order valence-corrected chi connectivity index (χ2v) is 7.84. The summed E-state index contributed by atoms with van der Waals surface area (Å²) in [5, 5.41) is 3.30. The van der Waals surface area contributed by atoms with Gasteiger partial charge in [0, 0.05) is 30.2 Å². The number of fused-ring (bicyclic) bond motifs is 2. The Hall–Kier alpha value is -1.35. The number of carbonyl (C=O) groups is 1. The van der Waals surface area contributed by atoms with E-state index < -0.39 is 0 Å². The van der Waals surface area contributed by atoms with Gasteiger partial charge in [0.2, 0.25) is 0 Å². The lowest BCUT2D eigenvalue weighted by molar-refractivity contribution is 0.0158. The molecule has 1 unspecified atom stereocenters. The van der Waals surface area contributed by atoms with E-state index in [9.17, 15) is 4.79 Å². The van der Waals surface area contributed by atoms with Gasteiger partial charge in [0.1, 0.15) is 0 Å². The first-order valence-corrected chi connectivity index (χ1v) is 9.16. The Morgan fingerprint density at radius 2 is 1.96 bits per heavy atom. The number of hydrogen-bond acceptors (Lipinski definition) is 2. The van der Waals surface area contributed by atoms with E-state index in [1.54, 1.807) is 0 Å². The summed E-state index contributed by atoms with van der Waals surface area (Å²) in [5.41, 5.74) is 1.93. The maximum Gasteiger partial charge on any atom is 0.251 e. The van der Waals surface area contributed by atoms with Crippen molar-refractivity contribution in [1.82, 2.24) is 10.2 Å². The molecule has 0 aromatic heterocycles. The van der Waals surface area contributed by atoms with E-state index in [2.05, 4.69) is 24.1 Å². The fourth-order valence-electron chi connectivity index (χ4n) is 4.37. The van der Waals surface area contributed by atoms with Crippen LogP contribution >= 0.6 is 0 Å². The standard InChI is InChI=1S/C20H30N2O/c1-14(2)13-22-18-8-5-9-19(22)12-17(11-18)21-20(23)16-7-4-6-15(3)10-16/h4,6-7,10,14,17-19H,5,8-9,11-13H2,1-3H3,(H,21,23)/t17?,18-,19+. The number of amides is 1. The molecule has 2 aliphatic heterocycles. The number of rotatable bonds is 4. The highest BCUT2D eigenvalue weighted by Gasteiger charge is 2.38. The molecular formula is C20H30N2O. The molecule has 2 heterocycles. The van der Waals surface area contributed by atoms with Gasteiger partial charge in [-0.3, -0.25) is 9.69 Å². The van der Waals surface area contributed by atoms with Crippen LogP contribution in [0.1, 0.15) is 61.9 Å². The number of piperidine rings is 2. The Balaban J connectivity index is 1.63. The summed E-state index contributed by atoms with van der Waals surface area (Å²) in [7, 11) is 0. The summed E-state index contributed by atoms with van der Waals surface area (Å²) in [6.45, 7) is 7.85. The van der Waals surface area contributed by atoms with Gasteiger partial charge >= 0.3 is 0 Å². The van der Waals surface area contributed by atoms with Gasteiger partial charge in [0.05, 0.1) is 0 Å². The lowest BCUT2D eigenvalue weighted by atomic mass is 9.81. The summed E-state index contributed by atoms with van der Waals surface area (Å²) < 4.78 is 0. The first-order valence-electron chi connectivity index (χ1n) is 9.16. The van der Waals surface area contributed by atoms with Gasteiger partial charge in [-0.1, -0.05) is 38.0 Å². The predicted octanol–water partition coefficient (Wildman–Crippen LogP) is 3.77. The Morgan fingerprint density at radius 1 is 1.26 bits per heavy atom. The molecule has 1 aromatic carbocycles. The van der Waals surface area contributed by atoms with Crippen molar-refractivity contribution in [1.29, 1.82) is 0 Å². The van der Waals surface area contributed by atoms with Crippen LogP contribution < -0.4 is 5.32 Å². The highest BCUT2D eigenvalue weighted by Crippen LogP contribution is 2.34. The van der Waals surface area contributed by atoms with Crippen LogP contribution in [0.3, 0.4) is 0 Å². The third-order valence-electron chi connectivity index (χ3n) is 5.32. The molecule has 0 aliphatic carbocycles. The van der Waals surface area contributed by atoms with Crippen molar-refractivity contribution in [3.63, 3.8) is 0 Å². The van der Waals surface area contributed by atoms with E-state index in [0.29, 0.717) is 18.1 Å². The van der Waals surface area contributed by atoms with Crippen molar-refractivity contribution in [2.75, 3.05) is 6.54 Å². The fourth-order valence-corrected chi connectivity index (χ4v) is 4.37. The molecule has 23 heavy (non-hydrogen) atoms. The van der Waals surface area contributed by atoms with E-state index in [4.69, 9.17) is 0 Å². The molecule has 0 radical (unpaired) electrons. The molecule has 0 spiro atoms. The molecule has 3 atom stereocenters. The van der Waals surface area contributed by atoms with Gasteiger partial charge in [0.25, 0.3) is 5.91 Å². The molecule has 2 bridgehead atoms. The highest BCUT2D eigenvalue weighted by molar-refractivity contribution is 5.94. The zero-order chi connectivity index (χ0) is 16.4. The molecule has 2 saturated heterocycles. The average Bonchev–Trinajstić information content (AvgIpc) is 2.47. The number of carbonyl (C=O) groups excluding carboxylic acids is 1. The third-order valence-corrected chi connectivity index (χ3v) is 5.32. The van der Waals surface area contributed by atoms with Crippen molar-refractivity contribution < 1.29 is 4.79 Å². The van der Waals surface area contributed by atoms with Crippen LogP contribution in [0.25, 0.3) is 0 Å². The molecule has 3 rings (SSSR count). The Morgan fingerprint density at radius 3 is 2.57 bits per heavy atom. The highest BCUT2D eigenvalue weighted by atomic mass is 16.1. The first-order chi connectivity index (χ1) is 11.0. The van der Waals surface area contributed by atoms with Gasteiger partial charge in [-0.25, -0.2) is 0 Å². The first kappa shape index (κ1) is 16.5. The zero-order valence-corrected chi connectivity index (χ0v) is 14.7. The van der Waals surface area contributed by atoms with E-state index >= 15 is 0 Å². The van der Waals surface area contributed by atoms with Crippen LogP contribution in [0.4, 0.5) is 0 Å². The lowest BCUT2D eigenvalue weighted by Crippen LogP contribution is -2.57. The molecule has 0 saturated carbocycles. The molecule has 126 valence electrons. The molecule has 2 fully saturated rings. The summed E-state index contributed by atoms with van der Waals surface area (Å²) in [4.78, 5) is 15.2. The van der Waals surface area contributed by atoms with Crippen molar-refractivity contribution in [3.8, 4) is 0 Å². The molecule has 1 N–H and O–H groups in total. The minimum Gasteiger partial charge on any atom is -0.349 e. The second kappa shape index (κ2) is 7.04. The summed E-state index contributed by atoms with van der Waals surface area (Å²) in [6.07, 6.45) is 6.16. The number of aryl methyl sites for hydroxylation is 1. The molecule has 2 aliphatic rings. The van der Waals surface area contributed by atoms with Crippen molar-refractivity contribution in [3.05, 3.63) is 35.4 Å². The summed E-state index contributed by atoms with van der Waals surface area (Å²) >= 11 is 0. The number of benzene rings is 1. The largest absolute Gasteiger partial charge is 0.349 e. The normalized spacial score (nSPS) is 27.9. The van der Waals surface area contributed by atoms with Gasteiger partial charge in [0.15, 0.2) is 0 Å². The van der Waals surface area contributed by atoms with Crippen molar-refractivity contribution in [2.24, 2.45) is 5.92 Å². The van der Waals surface area contributed by atoms with Gasteiger partial charge in [-0.05, 0) is 50.7 Å². The van der Waals surface area contributed by atoms with Crippen LogP contribution in [0.5, 0.6) is 0 Å². The SMILES string of the molecule is Cc1cccc(C(=O)NC2C[C@H]3CCC[C@@H](C2)N3CC(C)C)c1. The zero-order valence-electron chi connectivity index (χ0n) is 14.7. The van der Waals surface area contributed by atoms with E-state index in [1.165, 1.54) is 25.8 Å². The number of nitrogens with zero attached hydrogens (tertiary/aromatic N) is 1. The average molecular weight is 314 g/mol. The van der Waals surface area contributed by atoms with Gasteiger partial charge in [-0.2, -0.15) is 0 Å². The smallest absolute Gasteiger partial charge is 0.251 e. The monoisotopic (exact) mass is 314 g/mol. The van der Waals surface area contributed by atoms with Crippen molar-refractivity contribution in [2.45, 2.75) is 71.0 Å². The van der Waals surface area contributed by atoms with Crippen molar-refractivity contribution >= 4 is 5.91 Å². The number of nitrogens with one attached hydrogen (secondary N) is 1. The minimum atomic E-state index is 0.0917. The molecule has 1 amide bonds. The topological polar surface area (TPSA) is 32.3 Å². The minimum absolute atomic E-state index is 0.0917. The molecule has 1 aromatic rings. The molecule has 3 nitrogen and oxygen atoms in total. The number of hydrogen-bond donors (Lipinski definition) is 1. The Bertz CT molecular complexity index is 540. The lowest BCUT2D eigenvalue weighted by Gasteiger charge is -2.49. The predicted molar refractivity (Wildman–Crippen MR) is 94.6 cm³/mol. The van der Waals surface area contributed by atoms with E-state index in [0.717, 1.165) is 29.9 Å². The fraction of sp³-hybridized carbons (Fsp3) is 0.650. The maximum atomic E-state index is 12.5. The van der Waals surface area contributed by atoms with Crippen LogP contribution in [0.15, 0.2) is 24.3 Å². The van der Waals surface area contributed by atoms with Crippen LogP contribution in [0, 0.1) is 12.8 Å². The summed E-state index contributed by atoms with van der Waals surface area (Å²) in [5.74, 6) is 0.811.